The molecular formula is C21H20N2O5S2. The molecule has 7 nitrogen and oxygen atoms in total. The number of aromatic nitrogens is 1. The Hall–Kier alpha value is -2.75. The summed E-state index contributed by atoms with van der Waals surface area (Å²) in [7, 11) is -3.62. The molecule has 9 heteroatoms. The van der Waals surface area contributed by atoms with E-state index in [1.54, 1.807) is 19.1 Å². The molecule has 156 valence electrons. The fraction of sp³-hybridized carbons (Fsp3) is 0.238. The lowest BCUT2D eigenvalue weighted by atomic mass is 10.0. The van der Waals surface area contributed by atoms with E-state index >= 15 is 0 Å². The number of carbonyl (C=O) groups excluding carboxylic acids is 1. The summed E-state index contributed by atoms with van der Waals surface area (Å²) in [6, 6.07) is 14.6. The van der Waals surface area contributed by atoms with Gasteiger partial charge in [0.15, 0.2) is 11.5 Å². The first-order valence-corrected chi connectivity index (χ1v) is 11.7. The van der Waals surface area contributed by atoms with E-state index in [9.17, 15) is 13.2 Å². The average molecular weight is 445 g/mol. The number of benzene rings is 1. The van der Waals surface area contributed by atoms with Crippen LogP contribution < -0.4 is 0 Å². The van der Waals surface area contributed by atoms with Crippen molar-refractivity contribution in [3.63, 3.8) is 0 Å². The standard InChI is InChI=1S/C21H20N2O5S2/c1-2-27-21(24)17-14-18(28-22-17)19-8-9-20(29-19)30(25,26)23-12-10-16(11-13-23)15-6-4-3-5-7-15/h3-10,14H,2,11-13H2,1H3. The lowest BCUT2D eigenvalue weighted by Gasteiger charge is -2.25. The van der Waals surface area contributed by atoms with Gasteiger partial charge in [-0.1, -0.05) is 41.6 Å². The maximum absolute atomic E-state index is 13.1. The molecule has 0 amide bonds. The third-order valence-corrected chi connectivity index (χ3v) is 8.16. The number of carbonyl (C=O) groups is 1. The molecule has 3 aromatic rings. The van der Waals surface area contributed by atoms with E-state index in [1.165, 1.54) is 10.4 Å². The highest BCUT2D eigenvalue weighted by Gasteiger charge is 2.28. The van der Waals surface area contributed by atoms with Gasteiger partial charge in [0.25, 0.3) is 10.0 Å². The Labute approximate surface area is 178 Å². The lowest BCUT2D eigenvalue weighted by Crippen LogP contribution is -2.34. The van der Waals surface area contributed by atoms with Gasteiger partial charge >= 0.3 is 5.97 Å². The van der Waals surface area contributed by atoms with Gasteiger partial charge < -0.3 is 9.26 Å². The number of thiophene rings is 1. The van der Waals surface area contributed by atoms with Gasteiger partial charge in [0.2, 0.25) is 0 Å². The van der Waals surface area contributed by atoms with E-state index < -0.39 is 16.0 Å². The Morgan fingerprint density at radius 2 is 2.03 bits per heavy atom. The molecule has 3 heterocycles. The summed E-state index contributed by atoms with van der Waals surface area (Å²) in [4.78, 5) is 12.3. The summed E-state index contributed by atoms with van der Waals surface area (Å²) in [6.45, 7) is 2.69. The number of ether oxygens (including phenoxy) is 1. The van der Waals surface area contributed by atoms with Crippen molar-refractivity contribution < 1.29 is 22.5 Å². The first-order valence-electron chi connectivity index (χ1n) is 9.47. The Kier molecular flexibility index (Phi) is 5.85. The maximum Gasteiger partial charge on any atom is 0.360 e. The molecule has 0 N–H and O–H groups in total. The van der Waals surface area contributed by atoms with Crippen LogP contribution in [0, 0.1) is 0 Å². The normalized spacial score (nSPS) is 15.0. The van der Waals surface area contributed by atoms with Gasteiger partial charge in [-0.25, -0.2) is 13.2 Å². The molecule has 30 heavy (non-hydrogen) atoms. The molecule has 1 aliphatic heterocycles. The van der Waals surface area contributed by atoms with Crippen molar-refractivity contribution in [2.24, 2.45) is 0 Å². The smallest absolute Gasteiger partial charge is 0.360 e. The van der Waals surface area contributed by atoms with Crippen LogP contribution >= 0.6 is 11.3 Å². The van der Waals surface area contributed by atoms with Crippen molar-refractivity contribution in [2.45, 2.75) is 17.6 Å². The van der Waals surface area contributed by atoms with Crippen LogP contribution in [-0.2, 0) is 14.8 Å². The summed E-state index contributed by atoms with van der Waals surface area (Å²) in [5.74, 6) is -0.249. The minimum Gasteiger partial charge on any atom is -0.461 e. The SMILES string of the molecule is CCOC(=O)c1cc(-c2ccc(S(=O)(=O)N3CC=C(c4ccccc4)CC3)s2)on1. The predicted molar refractivity (Wildman–Crippen MR) is 114 cm³/mol. The molecule has 1 aromatic carbocycles. The number of esters is 1. The van der Waals surface area contributed by atoms with Gasteiger partial charge in [-0.3, -0.25) is 0 Å². The van der Waals surface area contributed by atoms with Crippen LogP contribution in [-0.4, -0.2) is 43.5 Å². The monoisotopic (exact) mass is 444 g/mol. The van der Waals surface area contributed by atoms with Gasteiger partial charge in [0.05, 0.1) is 11.5 Å². The molecule has 0 aliphatic carbocycles. The van der Waals surface area contributed by atoms with E-state index in [0.717, 1.165) is 22.5 Å². The third-order valence-electron chi connectivity index (χ3n) is 4.73. The van der Waals surface area contributed by atoms with Crippen LogP contribution in [0.5, 0.6) is 0 Å². The summed E-state index contributed by atoms with van der Waals surface area (Å²) in [5.41, 5.74) is 2.33. The van der Waals surface area contributed by atoms with Crippen LogP contribution in [0.4, 0.5) is 0 Å². The molecule has 0 atom stereocenters. The Balaban J connectivity index is 1.50. The number of hydrogen-bond acceptors (Lipinski definition) is 7. The summed E-state index contributed by atoms with van der Waals surface area (Å²) < 4.78 is 37.9. The fourth-order valence-electron chi connectivity index (χ4n) is 3.19. The van der Waals surface area contributed by atoms with Crippen molar-refractivity contribution >= 4 is 32.9 Å². The van der Waals surface area contributed by atoms with Gasteiger partial charge in [0, 0.05) is 19.2 Å². The fourth-order valence-corrected chi connectivity index (χ4v) is 5.98. The van der Waals surface area contributed by atoms with Crippen LogP contribution in [0.1, 0.15) is 29.4 Å². The topological polar surface area (TPSA) is 89.7 Å². The molecule has 1 aliphatic rings. The molecule has 4 rings (SSSR count). The molecule has 0 saturated carbocycles. The van der Waals surface area contributed by atoms with Gasteiger partial charge in [-0.05, 0) is 36.6 Å². The van der Waals surface area contributed by atoms with Crippen LogP contribution in [0.15, 0.2) is 63.3 Å². The zero-order valence-electron chi connectivity index (χ0n) is 16.3. The summed E-state index contributed by atoms with van der Waals surface area (Å²) in [6.07, 6.45) is 2.62. The van der Waals surface area contributed by atoms with Gasteiger partial charge in [-0.15, -0.1) is 11.3 Å². The predicted octanol–water partition coefficient (Wildman–Crippen LogP) is 4.06. The number of hydrogen-bond donors (Lipinski definition) is 0. The van der Waals surface area contributed by atoms with Crippen LogP contribution in [0.2, 0.25) is 0 Å². The maximum atomic E-state index is 13.1. The molecule has 0 bridgehead atoms. The minimum absolute atomic E-state index is 0.0549. The molecular weight excluding hydrogens is 424 g/mol. The minimum atomic E-state index is -3.62. The number of sulfonamides is 1. The molecule has 2 aromatic heterocycles. The van der Waals surface area contributed by atoms with Gasteiger partial charge in [0.1, 0.15) is 4.21 Å². The lowest BCUT2D eigenvalue weighted by molar-refractivity contribution is 0.0514. The third kappa shape index (κ3) is 4.09. The van der Waals surface area contributed by atoms with E-state index in [2.05, 4.69) is 5.16 Å². The first-order chi connectivity index (χ1) is 14.5. The number of nitrogens with zero attached hydrogens (tertiary/aromatic N) is 2. The van der Waals surface area contributed by atoms with Crippen molar-refractivity contribution in [3.8, 4) is 10.6 Å². The molecule has 0 saturated heterocycles. The van der Waals surface area contributed by atoms with E-state index in [0.29, 0.717) is 30.1 Å². The van der Waals surface area contributed by atoms with Crippen molar-refractivity contribution in [2.75, 3.05) is 19.7 Å². The quantitative estimate of drug-likeness (QED) is 0.533. The Morgan fingerprint density at radius 1 is 1.23 bits per heavy atom. The molecule has 0 fully saturated rings. The molecule has 0 spiro atoms. The van der Waals surface area contributed by atoms with E-state index in [4.69, 9.17) is 9.26 Å². The van der Waals surface area contributed by atoms with Crippen LogP contribution in [0.25, 0.3) is 16.2 Å². The van der Waals surface area contributed by atoms with E-state index in [-0.39, 0.29) is 16.5 Å². The Morgan fingerprint density at radius 3 is 2.73 bits per heavy atom. The second-order valence-corrected chi connectivity index (χ2v) is 9.87. The van der Waals surface area contributed by atoms with Gasteiger partial charge in [-0.2, -0.15) is 4.31 Å². The summed E-state index contributed by atoms with van der Waals surface area (Å²) >= 11 is 1.09. The zero-order chi connectivity index (χ0) is 21.1. The van der Waals surface area contributed by atoms with E-state index in [1.807, 2.05) is 36.4 Å². The molecule has 0 unspecified atom stereocenters. The first kappa shape index (κ1) is 20.5. The zero-order valence-corrected chi connectivity index (χ0v) is 17.9. The van der Waals surface area contributed by atoms with Crippen molar-refractivity contribution in [1.29, 1.82) is 0 Å². The highest BCUT2D eigenvalue weighted by molar-refractivity contribution is 7.91. The second-order valence-electron chi connectivity index (χ2n) is 6.62. The Bertz CT molecular complexity index is 1180. The second kappa shape index (κ2) is 8.55. The average Bonchev–Trinajstić information content (AvgIpc) is 3.45. The summed E-state index contributed by atoms with van der Waals surface area (Å²) in [5, 5.41) is 3.70. The molecule has 0 radical (unpaired) electrons. The van der Waals surface area contributed by atoms with Crippen molar-refractivity contribution in [1.82, 2.24) is 9.46 Å². The van der Waals surface area contributed by atoms with Crippen LogP contribution in [0.3, 0.4) is 0 Å². The number of rotatable bonds is 6. The highest BCUT2D eigenvalue weighted by Crippen LogP contribution is 2.34. The van der Waals surface area contributed by atoms with Crippen molar-refractivity contribution in [3.05, 3.63) is 65.9 Å². The highest BCUT2D eigenvalue weighted by atomic mass is 32.2. The largest absolute Gasteiger partial charge is 0.461 e.